The minimum atomic E-state index is 0.698. The third-order valence-electron chi connectivity index (χ3n) is 3.28. The molecule has 0 spiro atoms. The minimum absolute atomic E-state index is 0.698. The maximum atomic E-state index is 5.93. The Morgan fingerprint density at radius 2 is 1.70 bits per heavy atom. The van der Waals surface area contributed by atoms with Crippen LogP contribution in [0.2, 0.25) is 5.02 Å². The molecular formula is C16H9ClN2O. The number of fused-ring (bicyclic) bond motifs is 3. The molecule has 2 heterocycles. The topological polar surface area (TPSA) is 38.9 Å². The van der Waals surface area contributed by atoms with Gasteiger partial charge in [-0.3, -0.25) is 0 Å². The monoisotopic (exact) mass is 280 g/mol. The lowest BCUT2D eigenvalue weighted by Crippen LogP contribution is -1.86. The molecule has 0 unspecified atom stereocenters. The lowest BCUT2D eigenvalue weighted by Gasteiger charge is -2.00. The largest absolute Gasteiger partial charge is 0.452 e. The number of hydrogen-bond donors (Lipinski definition) is 0. The van der Waals surface area contributed by atoms with E-state index in [0.29, 0.717) is 10.6 Å². The molecule has 4 heteroatoms. The highest BCUT2D eigenvalue weighted by Crippen LogP contribution is 2.32. The number of rotatable bonds is 1. The molecule has 0 N–H and O–H groups in total. The van der Waals surface area contributed by atoms with Gasteiger partial charge in [0.1, 0.15) is 23.1 Å². The van der Waals surface area contributed by atoms with Crippen LogP contribution in [0.3, 0.4) is 0 Å². The van der Waals surface area contributed by atoms with Gasteiger partial charge in [-0.1, -0.05) is 35.9 Å². The molecule has 0 radical (unpaired) electrons. The number of hydrogen-bond acceptors (Lipinski definition) is 3. The fourth-order valence-electron chi connectivity index (χ4n) is 2.34. The molecule has 0 bridgehead atoms. The van der Waals surface area contributed by atoms with Crippen molar-refractivity contribution in [2.45, 2.75) is 0 Å². The van der Waals surface area contributed by atoms with Crippen LogP contribution < -0.4 is 0 Å². The quantitative estimate of drug-likeness (QED) is 0.507. The smallest absolute Gasteiger partial charge is 0.180 e. The highest BCUT2D eigenvalue weighted by Gasteiger charge is 2.13. The highest BCUT2D eigenvalue weighted by atomic mass is 35.5. The van der Waals surface area contributed by atoms with Crippen LogP contribution in [0, 0.1) is 0 Å². The number of aromatic nitrogens is 2. The maximum Gasteiger partial charge on any atom is 0.180 e. The summed E-state index contributed by atoms with van der Waals surface area (Å²) in [6.07, 6.45) is 1.56. The average molecular weight is 281 g/mol. The summed E-state index contributed by atoms with van der Waals surface area (Å²) in [5.74, 6) is 0. The molecule has 3 nitrogen and oxygen atoms in total. The van der Waals surface area contributed by atoms with Crippen molar-refractivity contribution in [3.63, 3.8) is 0 Å². The average Bonchev–Trinajstić information content (AvgIpc) is 2.87. The van der Waals surface area contributed by atoms with Crippen molar-refractivity contribution in [3.05, 3.63) is 59.9 Å². The molecular weight excluding hydrogens is 272 g/mol. The fraction of sp³-hybridized carbons (Fsp3) is 0. The van der Waals surface area contributed by atoms with E-state index >= 15 is 0 Å². The first-order chi connectivity index (χ1) is 9.83. The van der Waals surface area contributed by atoms with Crippen LogP contribution in [0.1, 0.15) is 0 Å². The van der Waals surface area contributed by atoms with Crippen molar-refractivity contribution in [1.82, 2.24) is 9.97 Å². The molecule has 2 aromatic heterocycles. The van der Waals surface area contributed by atoms with Crippen molar-refractivity contribution < 1.29 is 4.42 Å². The fourth-order valence-corrected chi connectivity index (χ4v) is 2.46. The summed E-state index contributed by atoms with van der Waals surface area (Å²) in [5.41, 5.74) is 4.10. The number of benzene rings is 2. The van der Waals surface area contributed by atoms with E-state index in [1.54, 1.807) is 6.33 Å². The Morgan fingerprint density at radius 1 is 0.900 bits per heavy atom. The predicted molar refractivity (Wildman–Crippen MR) is 79.8 cm³/mol. The van der Waals surface area contributed by atoms with Crippen LogP contribution in [-0.4, -0.2) is 9.97 Å². The summed E-state index contributed by atoms with van der Waals surface area (Å²) in [6.45, 7) is 0. The summed E-state index contributed by atoms with van der Waals surface area (Å²) in [6, 6.07) is 15.4. The summed E-state index contributed by atoms with van der Waals surface area (Å²) < 4.78 is 5.91. The lowest BCUT2D eigenvalue weighted by atomic mass is 10.1. The molecule has 0 fully saturated rings. The van der Waals surface area contributed by atoms with Crippen molar-refractivity contribution >= 4 is 33.7 Å². The summed E-state index contributed by atoms with van der Waals surface area (Å²) in [5, 5.41) is 1.70. The van der Waals surface area contributed by atoms with E-state index in [1.807, 2.05) is 48.5 Å². The molecule has 0 saturated heterocycles. The number of para-hydroxylation sites is 1. The Balaban J connectivity index is 2.07. The molecule has 0 aliphatic heterocycles. The van der Waals surface area contributed by atoms with Crippen molar-refractivity contribution in [3.8, 4) is 11.3 Å². The van der Waals surface area contributed by atoms with E-state index in [2.05, 4.69) is 9.97 Å². The first-order valence-corrected chi connectivity index (χ1v) is 6.59. The van der Waals surface area contributed by atoms with Crippen molar-refractivity contribution in [1.29, 1.82) is 0 Å². The molecule has 4 aromatic rings. The van der Waals surface area contributed by atoms with Crippen LogP contribution >= 0.6 is 11.6 Å². The predicted octanol–water partition coefficient (Wildman–Crippen LogP) is 4.70. The molecule has 0 amide bonds. The van der Waals surface area contributed by atoms with Crippen LogP contribution in [0.5, 0.6) is 0 Å². The van der Waals surface area contributed by atoms with Gasteiger partial charge in [-0.2, -0.15) is 0 Å². The van der Waals surface area contributed by atoms with Gasteiger partial charge in [0.25, 0.3) is 0 Å². The Morgan fingerprint density at radius 3 is 2.55 bits per heavy atom. The van der Waals surface area contributed by atoms with Gasteiger partial charge in [-0.05, 0) is 24.3 Å². The molecule has 0 aliphatic carbocycles. The Kier molecular flexibility index (Phi) is 2.47. The van der Waals surface area contributed by atoms with Gasteiger partial charge < -0.3 is 4.42 Å². The van der Waals surface area contributed by atoms with Gasteiger partial charge in [0.15, 0.2) is 5.58 Å². The van der Waals surface area contributed by atoms with Gasteiger partial charge in [-0.25, -0.2) is 9.97 Å². The second kappa shape index (κ2) is 4.32. The van der Waals surface area contributed by atoms with E-state index in [-0.39, 0.29) is 0 Å². The zero-order chi connectivity index (χ0) is 13.5. The van der Waals surface area contributed by atoms with E-state index < -0.39 is 0 Å². The SMILES string of the molecule is Clc1ccc(-c2ncnc3c2oc2ccccc23)cc1. The Bertz CT molecular complexity index is 913. The van der Waals surface area contributed by atoms with E-state index in [1.165, 1.54) is 0 Å². The van der Waals surface area contributed by atoms with E-state index in [0.717, 1.165) is 27.7 Å². The van der Waals surface area contributed by atoms with Gasteiger partial charge in [0.2, 0.25) is 0 Å². The molecule has 2 aromatic carbocycles. The molecule has 20 heavy (non-hydrogen) atoms. The Hall–Kier alpha value is -2.39. The molecule has 0 saturated carbocycles. The summed E-state index contributed by atoms with van der Waals surface area (Å²) in [4.78, 5) is 8.70. The minimum Gasteiger partial charge on any atom is -0.452 e. The first-order valence-electron chi connectivity index (χ1n) is 6.21. The zero-order valence-electron chi connectivity index (χ0n) is 10.4. The number of furan rings is 1. The molecule has 0 aliphatic rings. The third kappa shape index (κ3) is 1.67. The van der Waals surface area contributed by atoms with Crippen LogP contribution in [0.15, 0.2) is 59.3 Å². The normalized spacial score (nSPS) is 11.2. The summed E-state index contributed by atoms with van der Waals surface area (Å²) in [7, 11) is 0. The molecule has 4 rings (SSSR count). The first kappa shape index (κ1) is 11.4. The second-order valence-corrected chi connectivity index (χ2v) is 4.94. The molecule has 0 atom stereocenters. The third-order valence-corrected chi connectivity index (χ3v) is 3.53. The second-order valence-electron chi connectivity index (χ2n) is 4.51. The van der Waals surface area contributed by atoms with Crippen molar-refractivity contribution in [2.75, 3.05) is 0 Å². The van der Waals surface area contributed by atoms with Crippen LogP contribution in [-0.2, 0) is 0 Å². The maximum absolute atomic E-state index is 5.93. The zero-order valence-corrected chi connectivity index (χ0v) is 11.1. The number of nitrogens with zero attached hydrogens (tertiary/aromatic N) is 2. The van der Waals surface area contributed by atoms with E-state index in [4.69, 9.17) is 16.0 Å². The van der Waals surface area contributed by atoms with Gasteiger partial charge >= 0.3 is 0 Å². The standard InChI is InChI=1S/C16H9ClN2O/c17-11-7-5-10(6-8-11)14-16-15(19-9-18-14)12-3-1-2-4-13(12)20-16/h1-9H. The van der Waals surface area contributed by atoms with Crippen LogP contribution in [0.25, 0.3) is 33.3 Å². The van der Waals surface area contributed by atoms with Gasteiger partial charge in [-0.15, -0.1) is 0 Å². The van der Waals surface area contributed by atoms with Gasteiger partial charge in [0.05, 0.1) is 0 Å². The molecule has 96 valence electrons. The van der Waals surface area contributed by atoms with Gasteiger partial charge in [0, 0.05) is 16.0 Å². The Labute approximate surface area is 119 Å². The van der Waals surface area contributed by atoms with E-state index in [9.17, 15) is 0 Å². The summed E-state index contributed by atoms with van der Waals surface area (Å²) >= 11 is 5.93. The number of halogens is 1. The lowest BCUT2D eigenvalue weighted by molar-refractivity contribution is 0.667. The van der Waals surface area contributed by atoms with Crippen molar-refractivity contribution in [2.24, 2.45) is 0 Å². The van der Waals surface area contributed by atoms with Crippen LogP contribution in [0.4, 0.5) is 0 Å². The highest BCUT2D eigenvalue weighted by molar-refractivity contribution is 6.30.